The zero-order valence-corrected chi connectivity index (χ0v) is 36.5. The van der Waals surface area contributed by atoms with Gasteiger partial charge in [-0.15, -0.1) is 0 Å². The van der Waals surface area contributed by atoms with Crippen molar-refractivity contribution >= 4 is 47.5 Å². The van der Waals surface area contributed by atoms with Crippen LogP contribution < -0.4 is 5.32 Å². The summed E-state index contributed by atoms with van der Waals surface area (Å²) >= 11 is 1.33. The third-order valence-corrected chi connectivity index (χ3v) is 15.2. The first-order valence-corrected chi connectivity index (χ1v) is 21.6. The van der Waals surface area contributed by atoms with Crippen LogP contribution in [0.2, 0.25) is 0 Å². The van der Waals surface area contributed by atoms with E-state index >= 15 is 4.79 Å². The second-order valence-electron chi connectivity index (χ2n) is 17.3. The van der Waals surface area contributed by atoms with Crippen LogP contribution in [0.4, 0.5) is 4.79 Å². The molecule has 2 bridgehead atoms. The number of methoxy groups -OCH3 is 1. The van der Waals surface area contributed by atoms with Gasteiger partial charge in [-0.25, -0.2) is 14.4 Å². The van der Waals surface area contributed by atoms with Gasteiger partial charge in [0.2, 0.25) is 0 Å². The number of ether oxygens (including phenoxy) is 5. The van der Waals surface area contributed by atoms with Crippen molar-refractivity contribution in [1.82, 2.24) is 5.32 Å². The number of aliphatic hydroxyl groups is 3. The van der Waals surface area contributed by atoms with Crippen LogP contribution in [-0.2, 0) is 38.1 Å². The molecule has 4 N–H and O–H groups in total. The van der Waals surface area contributed by atoms with Gasteiger partial charge in [0, 0.05) is 35.3 Å². The smallest absolute Gasteiger partial charge is 0.456 e. The molecule has 16 heteroatoms. The van der Waals surface area contributed by atoms with Crippen molar-refractivity contribution < 1.29 is 67.8 Å². The highest BCUT2D eigenvalue weighted by Crippen LogP contribution is 2.66. The zero-order valence-electron chi connectivity index (χ0n) is 35.6. The average Bonchev–Trinajstić information content (AvgIpc) is 3.26. The molecule has 0 aromatic heterocycles. The Morgan fingerprint density at radius 2 is 1.44 bits per heavy atom. The average molecular weight is 886 g/mol. The molecule has 0 radical (unpaired) electrons. The first-order chi connectivity index (χ1) is 29.8. The minimum atomic E-state index is -2.39. The predicted octanol–water partition coefficient (Wildman–Crippen LogP) is 4.67. The van der Waals surface area contributed by atoms with Gasteiger partial charge in [-0.3, -0.25) is 14.4 Å². The summed E-state index contributed by atoms with van der Waals surface area (Å²) < 4.78 is 29.5. The van der Waals surface area contributed by atoms with Crippen molar-refractivity contribution in [3.63, 3.8) is 0 Å². The lowest BCUT2D eigenvalue weighted by molar-refractivity contribution is -0.257. The summed E-state index contributed by atoms with van der Waals surface area (Å²) in [6, 6.07) is 23.0. The van der Waals surface area contributed by atoms with Gasteiger partial charge in [0.25, 0.3) is 5.91 Å². The molecule has 1 heterocycles. The molecule has 0 spiro atoms. The van der Waals surface area contributed by atoms with Crippen LogP contribution in [0.25, 0.3) is 0 Å². The lowest BCUT2D eigenvalue weighted by Crippen LogP contribution is -2.80. The van der Waals surface area contributed by atoms with Gasteiger partial charge < -0.3 is 44.3 Å². The number of carbonyl (C=O) groups excluding carboxylic acids is 6. The molecule has 63 heavy (non-hydrogen) atoms. The van der Waals surface area contributed by atoms with E-state index < -0.39 is 112 Å². The summed E-state index contributed by atoms with van der Waals surface area (Å²) in [5, 5.41) is 39.7. The summed E-state index contributed by atoms with van der Waals surface area (Å²) in [6.07, 6.45) is -10.4. The predicted molar refractivity (Wildman–Crippen MR) is 226 cm³/mol. The van der Waals surface area contributed by atoms with E-state index in [2.05, 4.69) is 5.32 Å². The van der Waals surface area contributed by atoms with Crippen LogP contribution in [0.3, 0.4) is 0 Å². The summed E-state index contributed by atoms with van der Waals surface area (Å²) in [5.74, 6) is -5.98. The highest BCUT2D eigenvalue weighted by Gasteiger charge is 2.78. The highest BCUT2D eigenvalue weighted by molar-refractivity contribution is 8.01. The van der Waals surface area contributed by atoms with Gasteiger partial charge in [0.1, 0.15) is 23.4 Å². The van der Waals surface area contributed by atoms with E-state index in [0.717, 1.165) is 14.0 Å². The molecule has 334 valence electrons. The minimum absolute atomic E-state index is 0.00130. The third-order valence-electron chi connectivity index (χ3n) is 13.6. The number of rotatable bonds is 10. The Kier molecular flexibility index (Phi) is 12.4. The van der Waals surface area contributed by atoms with Crippen molar-refractivity contribution in [3.05, 3.63) is 119 Å². The van der Waals surface area contributed by atoms with Crippen LogP contribution in [0, 0.1) is 16.7 Å². The van der Waals surface area contributed by atoms with Gasteiger partial charge in [-0.05, 0) is 61.2 Å². The number of amides is 1. The number of ketones is 1. The maximum Gasteiger partial charge on any atom is 0.508 e. The van der Waals surface area contributed by atoms with E-state index in [-0.39, 0.29) is 34.4 Å². The zero-order chi connectivity index (χ0) is 45.6. The van der Waals surface area contributed by atoms with Crippen LogP contribution in [0.5, 0.6) is 0 Å². The van der Waals surface area contributed by atoms with Crippen LogP contribution in [0.15, 0.2) is 102 Å². The Labute approximate surface area is 368 Å². The molecule has 1 amide bonds. The number of hydrogen-bond acceptors (Lipinski definition) is 15. The molecule has 11 atom stereocenters. The van der Waals surface area contributed by atoms with Crippen molar-refractivity contribution in [1.29, 1.82) is 0 Å². The Morgan fingerprint density at radius 3 is 2.00 bits per heavy atom. The maximum absolute atomic E-state index is 15.6. The van der Waals surface area contributed by atoms with Gasteiger partial charge in [0.05, 0.1) is 36.2 Å². The number of benzene rings is 3. The van der Waals surface area contributed by atoms with E-state index in [1.165, 1.54) is 37.7 Å². The Balaban J connectivity index is 1.39. The van der Waals surface area contributed by atoms with E-state index in [1.54, 1.807) is 92.7 Å². The number of Topliss-reactive ketones (excluding diaryl/α,β-unsaturated/α-hetero) is 1. The van der Waals surface area contributed by atoms with E-state index in [9.17, 15) is 39.3 Å². The number of aliphatic hydroxyl groups excluding tert-OH is 2. The first kappa shape index (κ1) is 45.5. The minimum Gasteiger partial charge on any atom is -0.456 e. The quantitative estimate of drug-likeness (QED) is 0.123. The van der Waals surface area contributed by atoms with Gasteiger partial charge >= 0.3 is 24.1 Å². The topological polar surface area (TPSA) is 221 Å². The number of thioether (sulfide) groups is 1. The molecule has 2 saturated carbocycles. The SMILES string of the molecule is COC(=O)O[C@@]12CS[C@@H]1C[C@H](O)[C@@]1(C)C(=O)[C@H](OC(C)=O)C3=C(C)[C@@H](OC(=O)[C@H](O)[C@@H](NC(=O)c4ccccc4)c4ccccc4)C[C@@](O)([C@@H](OC(=O)c4ccccc4)[C@H]21)C3(C)C. The Hall–Kier alpha value is -5.55. The monoisotopic (exact) mass is 885 g/mol. The first-order valence-electron chi connectivity index (χ1n) is 20.6. The lowest BCUT2D eigenvalue weighted by atomic mass is 9.45. The molecule has 1 saturated heterocycles. The van der Waals surface area contributed by atoms with E-state index in [4.69, 9.17) is 23.7 Å². The van der Waals surface area contributed by atoms with Crippen molar-refractivity contribution in [2.24, 2.45) is 16.7 Å². The van der Waals surface area contributed by atoms with E-state index in [0.29, 0.717) is 5.56 Å². The molecule has 0 unspecified atom stereocenters. The molecular weight excluding hydrogens is 835 g/mol. The summed E-state index contributed by atoms with van der Waals surface area (Å²) in [6.45, 7) is 7.17. The van der Waals surface area contributed by atoms with Crippen LogP contribution in [-0.4, -0.2) is 111 Å². The molecule has 3 aromatic carbocycles. The fourth-order valence-electron chi connectivity index (χ4n) is 10.1. The van der Waals surface area contributed by atoms with Crippen molar-refractivity contribution in [2.45, 2.75) is 100 Å². The standard InChI is InChI=1S/C47H51NO14S/c1-25-30(60-42(55)35(51)34(27-16-10-7-11-17-27)48-40(53)28-18-12-8-13-19-28)23-47(57)39(61-41(54)29-20-14-9-15-21-29)37-45(5,38(52)36(59-26(2)49)33(25)44(47,3)4)31(50)22-32-46(37,24-63-32)62-43(56)58-6/h7-21,30-32,34-37,39,50-51,57H,22-24H2,1-6H3,(H,48,53)/t30-,31-,32+,34-,35+,36+,37-,39-,45+,46-,47+/m0/s1. The number of esters is 3. The molecular formula is C47H51NO14S. The molecule has 7 rings (SSSR count). The fourth-order valence-corrected chi connectivity index (χ4v) is 11.6. The van der Waals surface area contributed by atoms with Crippen LogP contribution >= 0.6 is 11.8 Å². The maximum atomic E-state index is 15.6. The highest BCUT2D eigenvalue weighted by atomic mass is 32.2. The van der Waals surface area contributed by atoms with Gasteiger partial charge in [0.15, 0.2) is 18.0 Å². The number of nitrogens with one attached hydrogen (secondary N) is 1. The number of fused-ring (bicyclic) bond motifs is 5. The van der Waals surface area contributed by atoms with Crippen molar-refractivity contribution in [3.8, 4) is 0 Å². The molecule has 1 aliphatic heterocycles. The summed E-state index contributed by atoms with van der Waals surface area (Å²) in [7, 11) is 1.10. The van der Waals surface area contributed by atoms with Gasteiger partial charge in [-0.1, -0.05) is 80.6 Å². The summed E-state index contributed by atoms with van der Waals surface area (Å²) in [5.41, 5.74) is -6.93. The second kappa shape index (κ2) is 17.2. The normalized spacial score (nSPS) is 31.5. The second-order valence-corrected chi connectivity index (χ2v) is 18.5. The van der Waals surface area contributed by atoms with Crippen LogP contribution in [0.1, 0.15) is 79.8 Å². The molecule has 3 aliphatic carbocycles. The van der Waals surface area contributed by atoms with Crippen molar-refractivity contribution in [2.75, 3.05) is 12.9 Å². The molecule has 3 aromatic rings. The third kappa shape index (κ3) is 7.70. The Bertz CT molecular complexity index is 2310. The van der Waals surface area contributed by atoms with E-state index in [1.807, 2.05) is 0 Å². The number of carbonyl (C=O) groups is 6. The molecule has 15 nitrogen and oxygen atoms in total. The lowest BCUT2D eigenvalue weighted by Gasteiger charge is -2.67. The largest absolute Gasteiger partial charge is 0.508 e. The fraction of sp³-hybridized carbons (Fsp3) is 0.447. The molecule has 3 fully saturated rings. The Morgan fingerprint density at radius 1 is 0.857 bits per heavy atom. The number of hydrogen-bond donors (Lipinski definition) is 4. The molecule has 4 aliphatic rings. The summed E-state index contributed by atoms with van der Waals surface area (Å²) in [4.78, 5) is 83.9. The van der Waals surface area contributed by atoms with Gasteiger partial charge in [-0.2, -0.15) is 11.8 Å².